The molecular formula is C20H24N4O. The topological polar surface area (TPSA) is 44.9 Å². The van der Waals surface area contributed by atoms with E-state index in [2.05, 4.69) is 45.7 Å². The molecule has 25 heavy (non-hydrogen) atoms. The molecule has 2 aliphatic rings. The fourth-order valence-corrected chi connectivity index (χ4v) is 3.98. The first-order valence-electron chi connectivity index (χ1n) is 9.48. The summed E-state index contributed by atoms with van der Waals surface area (Å²) in [5.41, 5.74) is 4.93. The summed E-state index contributed by atoms with van der Waals surface area (Å²) < 4.78 is 9.97. The Morgan fingerprint density at radius 1 is 1.04 bits per heavy atom. The van der Waals surface area contributed by atoms with Crippen molar-refractivity contribution in [3.63, 3.8) is 0 Å². The van der Waals surface area contributed by atoms with Gasteiger partial charge < -0.3 is 4.74 Å². The van der Waals surface area contributed by atoms with Crippen LogP contribution in [0.4, 0.5) is 0 Å². The van der Waals surface area contributed by atoms with E-state index in [4.69, 9.17) is 9.84 Å². The van der Waals surface area contributed by atoms with Crippen molar-refractivity contribution in [2.24, 2.45) is 0 Å². The van der Waals surface area contributed by atoms with Crippen molar-refractivity contribution >= 4 is 10.9 Å². The maximum absolute atomic E-state index is 5.51. The predicted octanol–water partition coefficient (Wildman–Crippen LogP) is 4.15. The van der Waals surface area contributed by atoms with Crippen LogP contribution in [0.5, 0.6) is 0 Å². The molecule has 1 saturated heterocycles. The molecule has 0 N–H and O–H groups in total. The maximum atomic E-state index is 5.51. The average Bonchev–Trinajstić information content (AvgIpc) is 3.27. The lowest BCUT2D eigenvalue weighted by Crippen LogP contribution is -2.21. The second kappa shape index (κ2) is 5.99. The summed E-state index contributed by atoms with van der Waals surface area (Å²) in [6.45, 7) is 3.85. The van der Waals surface area contributed by atoms with Crippen molar-refractivity contribution in [1.29, 1.82) is 0 Å². The fourth-order valence-electron chi connectivity index (χ4n) is 3.98. The minimum absolute atomic E-state index is 0.439. The molecule has 1 saturated carbocycles. The number of rotatable bonds is 4. The molecule has 2 aromatic heterocycles. The maximum Gasteiger partial charge on any atom is 0.0700 e. The van der Waals surface area contributed by atoms with Crippen molar-refractivity contribution in [3.05, 3.63) is 36.2 Å². The van der Waals surface area contributed by atoms with E-state index in [1.54, 1.807) is 0 Å². The van der Waals surface area contributed by atoms with Crippen LogP contribution in [0, 0.1) is 0 Å². The van der Waals surface area contributed by atoms with Gasteiger partial charge in [-0.1, -0.05) is 19.1 Å². The Kier molecular flexibility index (Phi) is 3.63. The van der Waals surface area contributed by atoms with Gasteiger partial charge in [0.1, 0.15) is 0 Å². The normalized spacial score (nSPS) is 18.9. The lowest BCUT2D eigenvalue weighted by atomic mass is 10.1. The minimum atomic E-state index is 0.439. The second-order valence-corrected chi connectivity index (χ2v) is 7.21. The molecular weight excluding hydrogens is 312 g/mol. The highest BCUT2D eigenvalue weighted by atomic mass is 16.5. The van der Waals surface area contributed by atoms with Crippen molar-refractivity contribution in [3.8, 4) is 11.3 Å². The van der Waals surface area contributed by atoms with Gasteiger partial charge in [-0.25, -0.2) is 0 Å². The van der Waals surface area contributed by atoms with Crippen molar-refractivity contribution < 1.29 is 4.74 Å². The molecule has 130 valence electrons. The number of hydrogen-bond acceptors (Lipinski definition) is 3. The predicted molar refractivity (Wildman–Crippen MR) is 97.7 cm³/mol. The van der Waals surface area contributed by atoms with Crippen LogP contribution in [0.25, 0.3) is 22.2 Å². The number of hydrogen-bond donors (Lipinski definition) is 0. The highest BCUT2D eigenvalue weighted by Crippen LogP contribution is 2.39. The van der Waals surface area contributed by atoms with E-state index in [0.29, 0.717) is 12.1 Å². The zero-order chi connectivity index (χ0) is 16.8. The molecule has 1 aromatic carbocycles. The summed E-state index contributed by atoms with van der Waals surface area (Å²) in [6.07, 6.45) is 7.49. The Balaban J connectivity index is 1.60. The zero-order valence-corrected chi connectivity index (χ0v) is 14.7. The Labute approximate surface area is 147 Å². The van der Waals surface area contributed by atoms with E-state index in [-0.39, 0.29) is 0 Å². The molecule has 3 heterocycles. The first kappa shape index (κ1) is 15.1. The Morgan fingerprint density at radius 3 is 2.60 bits per heavy atom. The van der Waals surface area contributed by atoms with E-state index < -0.39 is 0 Å². The van der Waals surface area contributed by atoms with E-state index >= 15 is 0 Å². The van der Waals surface area contributed by atoms with E-state index in [1.165, 1.54) is 40.7 Å². The first-order valence-corrected chi connectivity index (χ1v) is 9.48. The molecule has 0 unspecified atom stereocenters. The zero-order valence-electron chi connectivity index (χ0n) is 14.7. The van der Waals surface area contributed by atoms with E-state index in [1.807, 2.05) is 6.20 Å². The van der Waals surface area contributed by atoms with Gasteiger partial charge in [-0.15, -0.1) is 0 Å². The van der Waals surface area contributed by atoms with Gasteiger partial charge in [-0.05, 0) is 44.2 Å². The number of fused-ring (bicyclic) bond motifs is 1. The van der Waals surface area contributed by atoms with Crippen LogP contribution < -0.4 is 0 Å². The Morgan fingerprint density at radius 2 is 1.84 bits per heavy atom. The first-order chi connectivity index (χ1) is 12.3. The molecule has 5 heteroatoms. The van der Waals surface area contributed by atoms with Gasteiger partial charge in [0.25, 0.3) is 0 Å². The smallest absolute Gasteiger partial charge is 0.0700 e. The summed E-state index contributed by atoms with van der Waals surface area (Å²) >= 11 is 0. The molecule has 1 aliphatic heterocycles. The molecule has 2 fully saturated rings. The lowest BCUT2D eigenvalue weighted by Gasteiger charge is -2.24. The molecule has 0 radical (unpaired) electrons. The Hall–Kier alpha value is -2.14. The van der Waals surface area contributed by atoms with Gasteiger partial charge in [-0.2, -0.15) is 10.2 Å². The van der Waals surface area contributed by atoms with Crippen molar-refractivity contribution in [2.45, 2.75) is 51.1 Å². The average molecular weight is 336 g/mol. The number of nitrogens with zero attached hydrogens (tertiary/aromatic N) is 4. The lowest BCUT2D eigenvalue weighted by molar-refractivity contribution is 0.0667. The van der Waals surface area contributed by atoms with Crippen LogP contribution in [-0.2, 0) is 11.2 Å². The van der Waals surface area contributed by atoms with Crippen LogP contribution in [0.1, 0.15) is 50.4 Å². The third kappa shape index (κ3) is 2.58. The van der Waals surface area contributed by atoms with Gasteiger partial charge in [0.05, 0.1) is 29.0 Å². The number of aryl methyl sites for hydroxylation is 1. The standard InChI is InChI=1S/C20H24N4O/c1-2-18-17-6-3-14(13-20(17)24(22-18)15-4-5-15)19-7-10-21-23(19)16-8-11-25-12-9-16/h3,6-7,10,13,15-16H,2,4-5,8-9,11-12H2,1H3. The van der Waals surface area contributed by atoms with Crippen molar-refractivity contribution in [1.82, 2.24) is 19.6 Å². The molecule has 0 atom stereocenters. The highest BCUT2D eigenvalue weighted by Gasteiger charge is 2.27. The molecule has 0 amide bonds. The molecule has 1 aliphatic carbocycles. The number of benzene rings is 1. The Bertz CT molecular complexity index is 900. The van der Waals surface area contributed by atoms with E-state index in [0.717, 1.165) is 32.5 Å². The molecule has 5 nitrogen and oxygen atoms in total. The summed E-state index contributed by atoms with van der Waals surface area (Å²) in [6, 6.07) is 9.96. The van der Waals surface area contributed by atoms with Gasteiger partial charge in [0, 0.05) is 30.4 Å². The summed E-state index contributed by atoms with van der Waals surface area (Å²) in [5.74, 6) is 0. The van der Waals surface area contributed by atoms with Crippen LogP contribution in [0.2, 0.25) is 0 Å². The van der Waals surface area contributed by atoms with Crippen LogP contribution in [0.15, 0.2) is 30.5 Å². The van der Waals surface area contributed by atoms with Gasteiger partial charge in [0.2, 0.25) is 0 Å². The third-order valence-corrected chi connectivity index (χ3v) is 5.51. The van der Waals surface area contributed by atoms with Gasteiger partial charge in [0.15, 0.2) is 0 Å². The van der Waals surface area contributed by atoms with Gasteiger partial charge in [-0.3, -0.25) is 9.36 Å². The van der Waals surface area contributed by atoms with Crippen LogP contribution in [0.3, 0.4) is 0 Å². The quantitative estimate of drug-likeness (QED) is 0.719. The summed E-state index contributed by atoms with van der Waals surface area (Å²) in [7, 11) is 0. The molecule has 5 rings (SSSR count). The molecule has 0 bridgehead atoms. The summed E-state index contributed by atoms with van der Waals surface area (Å²) in [5, 5.41) is 10.8. The number of ether oxygens (including phenoxy) is 1. The summed E-state index contributed by atoms with van der Waals surface area (Å²) in [4.78, 5) is 0. The highest BCUT2D eigenvalue weighted by molar-refractivity contribution is 5.86. The van der Waals surface area contributed by atoms with Crippen molar-refractivity contribution in [2.75, 3.05) is 13.2 Å². The second-order valence-electron chi connectivity index (χ2n) is 7.21. The van der Waals surface area contributed by atoms with Crippen LogP contribution >= 0.6 is 0 Å². The molecule has 3 aromatic rings. The largest absolute Gasteiger partial charge is 0.381 e. The molecule has 0 spiro atoms. The SMILES string of the molecule is CCc1nn(C2CC2)c2cc(-c3ccnn3C3CCOCC3)ccc12. The number of aromatic nitrogens is 4. The van der Waals surface area contributed by atoms with Gasteiger partial charge >= 0.3 is 0 Å². The minimum Gasteiger partial charge on any atom is -0.381 e. The van der Waals surface area contributed by atoms with Crippen LogP contribution in [-0.4, -0.2) is 32.8 Å². The monoisotopic (exact) mass is 336 g/mol. The fraction of sp³-hybridized carbons (Fsp3) is 0.500. The third-order valence-electron chi connectivity index (χ3n) is 5.51. The van der Waals surface area contributed by atoms with E-state index in [9.17, 15) is 0 Å².